The highest BCUT2D eigenvalue weighted by molar-refractivity contribution is 6.29. The lowest BCUT2D eigenvalue weighted by Crippen LogP contribution is -2.52. The molecule has 8 nitrogen and oxygen atoms in total. The van der Waals surface area contributed by atoms with Crippen molar-refractivity contribution in [2.75, 3.05) is 14.2 Å². The number of hydrogen-bond donors (Lipinski definition) is 2. The number of halogens is 1. The number of rotatable bonds is 14. The van der Waals surface area contributed by atoms with E-state index in [0.717, 1.165) is 5.57 Å². The zero-order chi connectivity index (χ0) is 31.4. The van der Waals surface area contributed by atoms with Gasteiger partial charge in [-0.1, -0.05) is 88.2 Å². The smallest absolute Gasteiger partial charge is 0.373 e. The van der Waals surface area contributed by atoms with Crippen molar-refractivity contribution in [3.05, 3.63) is 71.2 Å². The number of ether oxygens (including phenoxy) is 3. The standard InChI is InChI=1S/C30H43ClN2O6.C2H6/c1-21(14-16-24-18-19-25(38-7)29(36)39-24)11-8-9-13-26(34)33-27(30(3,4)5)28(35)32-20-10-12-23(37-6)17-15-22(2)31;1-2/h8-11,13-15,19-20,23-24,27H,12,16-18H2,1-7H3,(H,32,35)(H,33,34);1-2H3/b11-8-,13-9-,20-10-,21-14+,22-15+;. The average Bonchev–Trinajstić information content (AvgIpc) is 2.92. The first-order valence-corrected chi connectivity index (χ1v) is 14.3. The molecule has 0 fully saturated rings. The number of allylic oxidation sites excluding steroid dienone is 5. The third kappa shape index (κ3) is 16.7. The van der Waals surface area contributed by atoms with Crippen LogP contribution in [-0.2, 0) is 28.6 Å². The second kappa shape index (κ2) is 20.7. The average molecular weight is 593 g/mol. The predicted molar refractivity (Wildman–Crippen MR) is 166 cm³/mol. The molecule has 2 amide bonds. The maximum Gasteiger partial charge on any atom is 0.373 e. The Kier molecular flexibility index (Phi) is 19.2. The van der Waals surface area contributed by atoms with E-state index in [1.54, 1.807) is 31.5 Å². The molecule has 0 aromatic rings. The van der Waals surface area contributed by atoms with Crippen LogP contribution in [0.25, 0.3) is 0 Å². The molecule has 0 spiro atoms. The van der Waals surface area contributed by atoms with Crippen LogP contribution in [0.15, 0.2) is 71.2 Å². The van der Waals surface area contributed by atoms with Crippen molar-refractivity contribution in [2.24, 2.45) is 5.41 Å². The lowest BCUT2D eigenvalue weighted by molar-refractivity contribution is -0.149. The Labute approximate surface area is 251 Å². The Bertz CT molecular complexity index is 1010. The molecule has 2 N–H and O–H groups in total. The van der Waals surface area contributed by atoms with Gasteiger partial charge in [0.25, 0.3) is 0 Å². The number of esters is 1. The third-order valence-corrected chi connectivity index (χ3v) is 5.99. The number of carbonyl (C=O) groups excluding carboxylic acids is 3. The summed E-state index contributed by atoms with van der Waals surface area (Å²) in [6, 6.07) is -0.740. The van der Waals surface area contributed by atoms with Crippen LogP contribution in [0.5, 0.6) is 0 Å². The van der Waals surface area contributed by atoms with Crippen LogP contribution in [0.3, 0.4) is 0 Å². The van der Waals surface area contributed by atoms with Crippen molar-refractivity contribution in [3.8, 4) is 0 Å². The summed E-state index contributed by atoms with van der Waals surface area (Å²) in [5.74, 6) is -0.901. The van der Waals surface area contributed by atoms with E-state index in [1.807, 2.05) is 72.8 Å². The molecule has 9 heteroatoms. The van der Waals surface area contributed by atoms with Gasteiger partial charge in [0.15, 0.2) is 5.76 Å². The molecule has 1 aliphatic rings. The molecule has 0 aliphatic carbocycles. The summed E-state index contributed by atoms with van der Waals surface area (Å²) >= 11 is 5.87. The van der Waals surface area contributed by atoms with Crippen LogP contribution in [-0.4, -0.2) is 50.3 Å². The van der Waals surface area contributed by atoms with Gasteiger partial charge >= 0.3 is 5.97 Å². The van der Waals surface area contributed by atoms with Gasteiger partial charge in [0.1, 0.15) is 12.1 Å². The van der Waals surface area contributed by atoms with E-state index in [9.17, 15) is 14.4 Å². The van der Waals surface area contributed by atoms with Gasteiger partial charge < -0.3 is 24.8 Å². The van der Waals surface area contributed by atoms with E-state index < -0.39 is 17.4 Å². The molecule has 1 aliphatic heterocycles. The lowest BCUT2D eigenvalue weighted by atomic mass is 9.86. The first-order chi connectivity index (χ1) is 19.4. The molecule has 3 unspecified atom stereocenters. The minimum Gasteiger partial charge on any atom is -0.490 e. The zero-order valence-corrected chi connectivity index (χ0v) is 26.8. The second-order valence-electron chi connectivity index (χ2n) is 10.3. The highest BCUT2D eigenvalue weighted by atomic mass is 35.5. The van der Waals surface area contributed by atoms with Crippen molar-refractivity contribution in [2.45, 2.75) is 92.4 Å². The summed E-state index contributed by atoms with van der Waals surface area (Å²) in [6.45, 7) is 13.4. The fourth-order valence-electron chi connectivity index (χ4n) is 3.52. The number of methoxy groups -OCH3 is 2. The van der Waals surface area contributed by atoms with Crippen LogP contribution >= 0.6 is 11.6 Å². The fourth-order valence-corrected chi connectivity index (χ4v) is 3.61. The Hall–Kier alpha value is -3.10. The van der Waals surface area contributed by atoms with E-state index in [0.29, 0.717) is 30.7 Å². The Balaban J connectivity index is 0.00000781. The van der Waals surface area contributed by atoms with Crippen molar-refractivity contribution in [1.29, 1.82) is 0 Å². The van der Waals surface area contributed by atoms with Crippen LogP contribution in [0.4, 0.5) is 0 Å². The zero-order valence-electron chi connectivity index (χ0n) is 26.1. The Morgan fingerprint density at radius 2 is 1.78 bits per heavy atom. The topological polar surface area (TPSA) is 103 Å². The summed E-state index contributed by atoms with van der Waals surface area (Å²) < 4.78 is 15.7. The van der Waals surface area contributed by atoms with Gasteiger partial charge in [-0.2, -0.15) is 0 Å². The van der Waals surface area contributed by atoms with Gasteiger partial charge in [0, 0.05) is 31.1 Å². The van der Waals surface area contributed by atoms with Crippen LogP contribution < -0.4 is 10.6 Å². The van der Waals surface area contributed by atoms with Gasteiger partial charge in [-0.05, 0) is 44.4 Å². The van der Waals surface area contributed by atoms with Gasteiger partial charge in [-0.3, -0.25) is 9.59 Å². The quantitative estimate of drug-likeness (QED) is 0.137. The number of carbonyl (C=O) groups is 3. The predicted octanol–water partition coefficient (Wildman–Crippen LogP) is 6.41. The largest absolute Gasteiger partial charge is 0.490 e. The van der Waals surface area contributed by atoms with Crippen molar-refractivity contribution < 1.29 is 28.6 Å². The monoisotopic (exact) mass is 592 g/mol. The fraction of sp³-hybridized carbons (Fsp3) is 0.531. The molecule has 0 aromatic heterocycles. The Morgan fingerprint density at radius 3 is 2.34 bits per heavy atom. The molecule has 0 saturated carbocycles. The molecule has 3 atom stereocenters. The first kappa shape index (κ1) is 37.9. The molecule has 0 bridgehead atoms. The molecule has 1 rings (SSSR count). The summed E-state index contributed by atoms with van der Waals surface area (Å²) in [4.78, 5) is 37.1. The minimum absolute atomic E-state index is 0.0484. The van der Waals surface area contributed by atoms with Gasteiger partial charge in [-0.15, -0.1) is 0 Å². The van der Waals surface area contributed by atoms with Crippen LogP contribution in [0.2, 0.25) is 0 Å². The normalized spacial score (nSPS) is 18.0. The number of nitrogens with one attached hydrogen (secondary N) is 2. The molecule has 230 valence electrons. The van der Waals surface area contributed by atoms with Gasteiger partial charge in [0.2, 0.25) is 11.8 Å². The molecule has 41 heavy (non-hydrogen) atoms. The Morgan fingerprint density at radius 1 is 1.12 bits per heavy atom. The molecular formula is C32H49ClN2O6. The highest BCUT2D eigenvalue weighted by Gasteiger charge is 2.31. The van der Waals surface area contributed by atoms with Crippen molar-refractivity contribution in [1.82, 2.24) is 10.6 Å². The van der Waals surface area contributed by atoms with Gasteiger partial charge in [0.05, 0.1) is 13.2 Å². The summed E-state index contributed by atoms with van der Waals surface area (Å²) in [5.41, 5.74) is 0.455. The van der Waals surface area contributed by atoms with Crippen LogP contribution in [0, 0.1) is 5.41 Å². The summed E-state index contributed by atoms with van der Waals surface area (Å²) in [5, 5.41) is 6.25. The van der Waals surface area contributed by atoms with E-state index in [2.05, 4.69) is 10.6 Å². The number of amides is 2. The number of cyclic esters (lactones) is 1. The number of hydrogen-bond acceptors (Lipinski definition) is 6. The third-order valence-electron chi connectivity index (χ3n) is 5.83. The van der Waals surface area contributed by atoms with Gasteiger partial charge in [-0.25, -0.2) is 4.79 Å². The SMILES string of the molecule is CC.COC1=CCC(C/C=C(C)/C=C\C=C/C(=O)NC(C(=O)N/C=C\CC(C/C=C(\C)Cl)OC)C(C)(C)C)OC1=O. The molecule has 0 aromatic carbocycles. The molecule has 0 saturated heterocycles. The maximum atomic E-state index is 12.8. The highest BCUT2D eigenvalue weighted by Crippen LogP contribution is 2.20. The van der Waals surface area contributed by atoms with Crippen molar-refractivity contribution in [3.63, 3.8) is 0 Å². The minimum atomic E-state index is -0.740. The lowest BCUT2D eigenvalue weighted by Gasteiger charge is -2.29. The van der Waals surface area contributed by atoms with Crippen molar-refractivity contribution >= 4 is 29.4 Å². The van der Waals surface area contributed by atoms with E-state index >= 15 is 0 Å². The maximum absolute atomic E-state index is 12.8. The molecular weight excluding hydrogens is 544 g/mol. The van der Waals surface area contributed by atoms with E-state index in [4.69, 9.17) is 25.8 Å². The summed E-state index contributed by atoms with van der Waals surface area (Å²) in [6.07, 6.45) is 17.7. The van der Waals surface area contributed by atoms with E-state index in [-0.39, 0.29) is 29.8 Å². The first-order valence-electron chi connectivity index (χ1n) is 13.9. The second-order valence-corrected chi connectivity index (χ2v) is 10.9. The van der Waals surface area contributed by atoms with Crippen LogP contribution in [0.1, 0.15) is 74.1 Å². The molecule has 1 heterocycles. The van der Waals surface area contributed by atoms with E-state index in [1.165, 1.54) is 13.2 Å². The summed E-state index contributed by atoms with van der Waals surface area (Å²) in [7, 11) is 3.07. The molecule has 0 radical (unpaired) electrons.